The van der Waals surface area contributed by atoms with Crippen LogP contribution in [0.5, 0.6) is 5.75 Å². The third kappa shape index (κ3) is 4.29. The van der Waals surface area contributed by atoms with Crippen LogP contribution in [0.4, 0.5) is 18.9 Å². The van der Waals surface area contributed by atoms with E-state index in [0.717, 1.165) is 6.07 Å². The summed E-state index contributed by atoms with van der Waals surface area (Å²) in [6.45, 7) is 5.66. The fourth-order valence-corrected chi connectivity index (χ4v) is 3.30. The monoisotopic (exact) mass is 402 g/mol. The van der Waals surface area contributed by atoms with Crippen LogP contribution in [-0.4, -0.2) is 17.1 Å². The second-order valence-corrected chi connectivity index (χ2v) is 6.55. The Hall–Kier alpha value is -3.22. The van der Waals surface area contributed by atoms with Crippen LogP contribution < -0.4 is 10.1 Å². The summed E-state index contributed by atoms with van der Waals surface area (Å²) < 4.78 is 47.2. The maximum absolute atomic E-state index is 13.4. The highest BCUT2D eigenvalue weighted by molar-refractivity contribution is 6.05. The predicted molar refractivity (Wildman–Crippen MR) is 106 cm³/mol. The third-order valence-electron chi connectivity index (χ3n) is 4.53. The number of aromatic nitrogens is 1. The first-order valence-electron chi connectivity index (χ1n) is 9.12. The highest BCUT2D eigenvalue weighted by Gasteiger charge is 2.34. The molecule has 1 N–H and O–H groups in total. The van der Waals surface area contributed by atoms with E-state index in [1.807, 2.05) is 6.92 Å². The number of amides is 1. The lowest BCUT2D eigenvalue weighted by Gasteiger charge is -2.16. The van der Waals surface area contributed by atoms with Gasteiger partial charge < -0.3 is 14.6 Å². The number of nitrogens with zero attached hydrogens (tertiary/aromatic N) is 1. The molecule has 0 aliphatic heterocycles. The Morgan fingerprint density at radius 1 is 1.07 bits per heavy atom. The van der Waals surface area contributed by atoms with Gasteiger partial charge in [0.1, 0.15) is 5.75 Å². The molecule has 0 unspecified atom stereocenters. The fraction of sp³-hybridized carbons (Fsp3) is 0.227. The van der Waals surface area contributed by atoms with E-state index in [0.29, 0.717) is 35.0 Å². The zero-order valence-corrected chi connectivity index (χ0v) is 16.3. The number of para-hydroxylation sites is 1. The predicted octanol–water partition coefficient (Wildman–Crippen LogP) is 5.76. The molecule has 29 heavy (non-hydrogen) atoms. The SMILES string of the molecule is CCOc1cccc(NC(=O)c2cc(C)n(-c3ccccc3C(F)(F)F)c2C)c1. The van der Waals surface area contributed by atoms with Crippen LogP contribution in [0.3, 0.4) is 0 Å². The average molecular weight is 402 g/mol. The second kappa shape index (κ2) is 8.03. The molecule has 3 aromatic rings. The van der Waals surface area contributed by atoms with Crippen molar-refractivity contribution in [2.45, 2.75) is 26.9 Å². The Morgan fingerprint density at radius 2 is 1.79 bits per heavy atom. The van der Waals surface area contributed by atoms with Gasteiger partial charge in [-0.3, -0.25) is 4.79 Å². The number of rotatable bonds is 5. The van der Waals surface area contributed by atoms with Crippen molar-refractivity contribution in [1.82, 2.24) is 4.57 Å². The molecule has 0 aliphatic carbocycles. The molecular formula is C22H21F3N2O2. The van der Waals surface area contributed by atoms with Crippen LogP contribution in [0, 0.1) is 13.8 Å². The van der Waals surface area contributed by atoms with Gasteiger partial charge >= 0.3 is 6.18 Å². The van der Waals surface area contributed by atoms with Gasteiger partial charge in [-0.1, -0.05) is 18.2 Å². The Bertz CT molecular complexity index is 1040. The van der Waals surface area contributed by atoms with Crippen molar-refractivity contribution in [1.29, 1.82) is 0 Å². The molecule has 2 aromatic carbocycles. The number of alkyl halides is 3. The van der Waals surface area contributed by atoms with Crippen molar-refractivity contribution in [2.24, 2.45) is 0 Å². The molecular weight excluding hydrogens is 381 g/mol. The van der Waals surface area contributed by atoms with E-state index in [9.17, 15) is 18.0 Å². The molecule has 0 saturated carbocycles. The first-order valence-corrected chi connectivity index (χ1v) is 9.12. The molecule has 1 aromatic heterocycles. The fourth-order valence-electron chi connectivity index (χ4n) is 3.30. The normalized spacial score (nSPS) is 11.4. The molecule has 0 radical (unpaired) electrons. The molecule has 1 amide bonds. The summed E-state index contributed by atoms with van der Waals surface area (Å²) in [6.07, 6.45) is -4.50. The Balaban J connectivity index is 1.97. The number of aryl methyl sites for hydroxylation is 1. The Morgan fingerprint density at radius 3 is 2.48 bits per heavy atom. The van der Waals surface area contributed by atoms with Gasteiger partial charge in [-0.15, -0.1) is 0 Å². The van der Waals surface area contributed by atoms with Crippen LogP contribution in [0.15, 0.2) is 54.6 Å². The van der Waals surface area contributed by atoms with Gasteiger partial charge in [0.2, 0.25) is 0 Å². The number of nitrogens with one attached hydrogen (secondary N) is 1. The molecule has 0 bridgehead atoms. The number of halogens is 3. The molecule has 0 fully saturated rings. The molecule has 0 aliphatic rings. The standard InChI is InChI=1S/C22H21F3N2O2/c1-4-29-17-9-7-8-16(13-17)26-21(28)18-12-14(2)27(15(18)3)20-11-6-5-10-19(20)22(23,24)25/h5-13H,4H2,1-3H3,(H,26,28). The van der Waals surface area contributed by atoms with E-state index in [2.05, 4.69) is 5.32 Å². The van der Waals surface area contributed by atoms with Crippen LogP contribution >= 0.6 is 0 Å². The van der Waals surface area contributed by atoms with Crippen molar-refractivity contribution >= 4 is 11.6 Å². The number of hydrogen-bond acceptors (Lipinski definition) is 2. The summed E-state index contributed by atoms with van der Waals surface area (Å²) in [5, 5.41) is 2.78. The number of carbonyl (C=O) groups is 1. The van der Waals surface area contributed by atoms with E-state index in [-0.39, 0.29) is 5.69 Å². The number of hydrogen-bond donors (Lipinski definition) is 1. The van der Waals surface area contributed by atoms with Gasteiger partial charge in [0, 0.05) is 23.1 Å². The molecule has 0 atom stereocenters. The van der Waals surface area contributed by atoms with Gasteiger partial charge in [0.25, 0.3) is 5.91 Å². The summed E-state index contributed by atoms with van der Waals surface area (Å²) in [6, 6.07) is 13.9. The molecule has 7 heteroatoms. The van der Waals surface area contributed by atoms with E-state index < -0.39 is 17.6 Å². The molecule has 152 valence electrons. The lowest BCUT2D eigenvalue weighted by molar-refractivity contribution is -0.137. The minimum absolute atomic E-state index is 0.00704. The third-order valence-corrected chi connectivity index (χ3v) is 4.53. The first-order chi connectivity index (χ1) is 13.7. The summed E-state index contributed by atoms with van der Waals surface area (Å²) in [5.41, 5.74) is 1.05. The smallest absolute Gasteiger partial charge is 0.418 e. The quantitative estimate of drug-likeness (QED) is 0.589. The number of anilines is 1. The van der Waals surface area contributed by atoms with Crippen LogP contribution in [0.1, 0.15) is 34.2 Å². The average Bonchev–Trinajstić information content (AvgIpc) is 2.96. The van der Waals surface area contributed by atoms with E-state index >= 15 is 0 Å². The minimum Gasteiger partial charge on any atom is -0.494 e. The van der Waals surface area contributed by atoms with Crippen molar-refractivity contribution < 1.29 is 22.7 Å². The van der Waals surface area contributed by atoms with Crippen LogP contribution in [0.2, 0.25) is 0 Å². The molecule has 3 rings (SSSR count). The molecule has 1 heterocycles. The van der Waals surface area contributed by atoms with E-state index in [1.165, 1.54) is 16.7 Å². The second-order valence-electron chi connectivity index (χ2n) is 6.55. The minimum atomic E-state index is -4.50. The molecule has 0 saturated heterocycles. The van der Waals surface area contributed by atoms with E-state index in [1.54, 1.807) is 50.2 Å². The van der Waals surface area contributed by atoms with Crippen molar-refractivity contribution in [3.05, 3.63) is 77.1 Å². The number of ether oxygens (including phenoxy) is 1. The Kier molecular flexibility index (Phi) is 5.68. The van der Waals surface area contributed by atoms with Gasteiger partial charge in [-0.2, -0.15) is 13.2 Å². The van der Waals surface area contributed by atoms with Crippen molar-refractivity contribution in [3.8, 4) is 11.4 Å². The van der Waals surface area contributed by atoms with Gasteiger partial charge in [0.05, 0.1) is 23.4 Å². The zero-order valence-electron chi connectivity index (χ0n) is 16.3. The summed E-state index contributed by atoms with van der Waals surface area (Å²) in [7, 11) is 0. The molecule has 0 spiro atoms. The molecule has 4 nitrogen and oxygen atoms in total. The largest absolute Gasteiger partial charge is 0.494 e. The van der Waals surface area contributed by atoms with Crippen LogP contribution in [0.25, 0.3) is 5.69 Å². The van der Waals surface area contributed by atoms with Gasteiger partial charge in [-0.25, -0.2) is 0 Å². The van der Waals surface area contributed by atoms with Crippen molar-refractivity contribution in [2.75, 3.05) is 11.9 Å². The maximum Gasteiger partial charge on any atom is 0.418 e. The topological polar surface area (TPSA) is 43.3 Å². The number of carbonyl (C=O) groups excluding carboxylic acids is 1. The lowest BCUT2D eigenvalue weighted by Crippen LogP contribution is -2.15. The van der Waals surface area contributed by atoms with Gasteiger partial charge in [-0.05, 0) is 51.1 Å². The zero-order chi connectivity index (χ0) is 21.2. The summed E-state index contributed by atoms with van der Waals surface area (Å²) in [4.78, 5) is 12.8. The first kappa shape index (κ1) is 20.5. The lowest BCUT2D eigenvalue weighted by atomic mass is 10.1. The van der Waals surface area contributed by atoms with Crippen molar-refractivity contribution in [3.63, 3.8) is 0 Å². The summed E-state index contributed by atoms with van der Waals surface area (Å²) in [5.74, 6) is 0.220. The van der Waals surface area contributed by atoms with Crippen LogP contribution in [-0.2, 0) is 6.18 Å². The Labute approximate surface area is 166 Å². The number of benzene rings is 2. The summed E-state index contributed by atoms with van der Waals surface area (Å²) >= 11 is 0. The highest BCUT2D eigenvalue weighted by Crippen LogP contribution is 2.35. The highest BCUT2D eigenvalue weighted by atomic mass is 19.4. The van der Waals surface area contributed by atoms with Gasteiger partial charge in [0.15, 0.2) is 0 Å². The maximum atomic E-state index is 13.4. The van der Waals surface area contributed by atoms with E-state index in [4.69, 9.17) is 4.74 Å².